The molecule has 0 fully saturated rings. The minimum absolute atomic E-state index is 0.0189. The van der Waals surface area contributed by atoms with E-state index < -0.39 is 0 Å². The first-order valence-electron chi connectivity index (χ1n) is 7.80. The summed E-state index contributed by atoms with van der Waals surface area (Å²) >= 11 is 0. The fourth-order valence-corrected chi connectivity index (χ4v) is 1.70. The molecule has 0 saturated heterocycles. The number of hydrogen-bond acceptors (Lipinski definition) is 3. The molecule has 0 amide bonds. The van der Waals surface area contributed by atoms with Crippen LogP contribution in [0, 0.1) is 5.92 Å². The zero-order valence-electron chi connectivity index (χ0n) is 14.3. The number of hydrogen-bond donors (Lipinski definition) is 2. The number of aliphatic imine (C=N–C) groups is 1. The van der Waals surface area contributed by atoms with Crippen molar-refractivity contribution in [3.05, 3.63) is 17.8 Å². The molecule has 0 bridgehead atoms. The van der Waals surface area contributed by atoms with Crippen LogP contribution in [-0.2, 0) is 12.0 Å². The third-order valence-corrected chi connectivity index (χ3v) is 3.02. The number of guanidine groups is 1. The smallest absolute Gasteiger partial charge is 0.216 e. The predicted molar refractivity (Wildman–Crippen MR) is 87.5 cm³/mol. The first-order valence-corrected chi connectivity index (χ1v) is 7.80. The number of nitrogens with one attached hydrogen (secondary N) is 2. The molecule has 1 aromatic heterocycles. The maximum atomic E-state index is 5.75. The van der Waals surface area contributed by atoms with Crippen LogP contribution >= 0.6 is 0 Å². The monoisotopic (exact) mass is 294 g/mol. The van der Waals surface area contributed by atoms with Crippen LogP contribution in [0.15, 0.2) is 15.6 Å². The largest absolute Gasteiger partial charge is 0.443 e. The van der Waals surface area contributed by atoms with Gasteiger partial charge >= 0.3 is 0 Å². The van der Waals surface area contributed by atoms with Gasteiger partial charge in [-0.05, 0) is 19.3 Å². The van der Waals surface area contributed by atoms with Crippen molar-refractivity contribution in [2.24, 2.45) is 10.9 Å². The molecule has 0 radical (unpaired) electrons. The van der Waals surface area contributed by atoms with Crippen LogP contribution in [0.5, 0.6) is 0 Å². The van der Waals surface area contributed by atoms with Gasteiger partial charge in [-0.25, -0.2) is 9.98 Å². The van der Waals surface area contributed by atoms with Crippen molar-refractivity contribution < 1.29 is 4.42 Å². The van der Waals surface area contributed by atoms with E-state index in [1.165, 1.54) is 0 Å². The molecule has 0 aliphatic heterocycles. The van der Waals surface area contributed by atoms with Gasteiger partial charge in [0.15, 0.2) is 5.96 Å². The highest BCUT2D eigenvalue weighted by molar-refractivity contribution is 5.79. The van der Waals surface area contributed by atoms with Gasteiger partial charge in [0.1, 0.15) is 12.3 Å². The topological polar surface area (TPSA) is 62.5 Å². The lowest BCUT2D eigenvalue weighted by atomic mass is 9.94. The average molecular weight is 294 g/mol. The van der Waals surface area contributed by atoms with Gasteiger partial charge in [0.2, 0.25) is 5.89 Å². The second-order valence-electron chi connectivity index (χ2n) is 6.67. The van der Waals surface area contributed by atoms with Crippen molar-refractivity contribution in [3.8, 4) is 0 Å². The minimum Gasteiger partial charge on any atom is -0.443 e. The molecule has 5 heteroatoms. The molecule has 0 atom stereocenters. The summed E-state index contributed by atoms with van der Waals surface area (Å²) in [6.07, 6.45) is 2.92. The summed E-state index contributed by atoms with van der Waals surface area (Å²) in [5, 5.41) is 6.56. The lowest BCUT2D eigenvalue weighted by molar-refractivity contribution is 0.383. The second kappa shape index (κ2) is 8.05. The van der Waals surface area contributed by atoms with Gasteiger partial charge < -0.3 is 15.1 Å². The first-order chi connectivity index (χ1) is 9.82. The van der Waals surface area contributed by atoms with Gasteiger partial charge in [-0.15, -0.1) is 0 Å². The van der Waals surface area contributed by atoms with Crippen LogP contribution in [0.3, 0.4) is 0 Å². The maximum absolute atomic E-state index is 5.75. The summed E-state index contributed by atoms with van der Waals surface area (Å²) in [4.78, 5) is 8.81. The number of nitrogens with zero attached hydrogens (tertiary/aromatic N) is 2. The van der Waals surface area contributed by atoms with Crippen molar-refractivity contribution in [2.75, 3.05) is 13.1 Å². The summed E-state index contributed by atoms with van der Waals surface area (Å²) in [5.41, 5.74) is -0.0189. The zero-order chi connectivity index (χ0) is 15.9. The van der Waals surface area contributed by atoms with E-state index in [1.807, 2.05) is 0 Å². The van der Waals surface area contributed by atoms with Crippen molar-refractivity contribution in [2.45, 2.75) is 59.9 Å². The Hall–Kier alpha value is -1.52. The van der Waals surface area contributed by atoms with Gasteiger partial charge in [0, 0.05) is 18.5 Å². The summed E-state index contributed by atoms with van der Waals surface area (Å²) < 4.78 is 5.75. The molecule has 120 valence electrons. The third kappa shape index (κ3) is 6.65. The number of oxazole rings is 1. The standard InChI is InChI=1S/C16H30N4O/c1-7-17-15(18-9-8-12(2)3)20-11-14-19-10-13(21-14)16(4,5)6/h10,12H,7-9,11H2,1-6H3,(H2,17,18,20). The van der Waals surface area contributed by atoms with Crippen LogP contribution in [0.4, 0.5) is 0 Å². The highest BCUT2D eigenvalue weighted by Crippen LogP contribution is 2.22. The van der Waals surface area contributed by atoms with Gasteiger partial charge in [0.25, 0.3) is 0 Å². The van der Waals surface area contributed by atoms with E-state index in [1.54, 1.807) is 6.20 Å². The van der Waals surface area contributed by atoms with Crippen LogP contribution in [0.25, 0.3) is 0 Å². The molecule has 1 rings (SSSR count). The van der Waals surface area contributed by atoms with E-state index in [2.05, 4.69) is 62.2 Å². The van der Waals surface area contributed by atoms with E-state index in [0.717, 1.165) is 31.2 Å². The number of rotatable bonds is 6. The van der Waals surface area contributed by atoms with Crippen molar-refractivity contribution >= 4 is 5.96 Å². The Morgan fingerprint density at radius 1 is 1.33 bits per heavy atom. The predicted octanol–water partition coefficient (Wildman–Crippen LogP) is 3.07. The molecule has 1 aromatic rings. The molecule has 1 heterocycles. The molecule has 0 aliphatic carbocycles. The van der Waals surface area contributed by atoms with E-state index in [-0.39, 0.29) is 5.41 Å². The van der Waals surface area contributed by atoms with Crippen LogP contribution in [0.1, 0.15) is 59.6 Å². The maximum Gasteiger partial charge on any atom is 0.216 e. The Balaban J connectivity index is 2.58. The first kappa shape index (κ1) is 17.5. The Labute approximate surface area is 128 Å². The molecule has 21 heavy (non-hydrogen) atoms. The molecule has 0 aliphatic rings. The highest BCUT2D eigenvalue weighted by Gasteiger charge is 2.18. The van der Waals surface area contributed by atoms with Crippen LogP contribution in [-0.4, -0.2) is 24.0 Å². The zero-order valence-corrected chi connectivity index (χ0v) is 14.3. The summed E-state index contributed by atoms with van der Waals surface area (Å²) in [6.45, 7) is 15.0. The SMILES string of the molecule is CCNC(=NCc1ncc(C(C)(C)C)o1)NCCC(C)C. The number of aromatic nitrogens is 1. The molecule has 0 unspecified atom stereocenters. The molecule has 2 N–H and O–H groups in total. The van der Waals surface area contributed by atoms with Crippen molar-refractivity contribution in [3.63, 3.8) is 0 Å². The van der Waals surface area contributed by atoms with Crippen molar-refractivity contribution in [1.82, 2.24) is 15.6 Å². The van der Waals surface area contributed by atoms with E-state index in [0.29, 0.717) is 18.4 Å². The van der Waals surface area contributed by atoms with E-state index in [9.17, 15) is 0 Å². The molecule has 0 aromatic carbocycles. The molecular formula is C16H30N4O. The quantitative estimate of drug-likeness (QED) is 0.625. The lowest BCUT2D eigenvalue weighted by Crippen LogP contribution is -2.38. The fraction of sp³-hybridized carbons (Fsp3) is 0.750. The van der Waals surface area contributed by atoms with Crippen molar-refractivity contribution in [1.29, 1.82) is 0 Å². The Kier molecular flexibility index (Phi) is 6.72. The Morgan fingerprint density at radius 3 is 2.57 bits per heavy atom. The van der Waals surface area contributed by atoms with Gasteiger partial charge in [-0.2, -0.15) is 0 Å². The van der Waals surface area contributed by atoms with E-state index >= 15 is 0 Å². The normalized spacial score (nSPS) is 12.8. The average Bonchev–Trinajstić information content (AvgIpc) is 2.84. The second-order valence-corrected chi connectivity index (χ2v) is 6.67. The van der Waals surface area contributed by atoms with Crippen LogP contribution in [0.2, 0.25) is 0 Å². The Bertz CT molecular complexity index is 443. The summed E-state index contributed by atoms with van der Waals surface area (Å²) in [6, 6.07) is 0. The van der Waals surface area contributed by atoms with Crippen LogP contribution < -0.4 is 10.6 Å². The summed E-state index contributed by atoms with van der Waals surface area (Å²) in [7, 11) is 0. The van der Waals surface area contributed by atoms with Gasteiger partial charge in [-0.1, -0.05) is 34.6 Å². The molecule has 0 spiro atoms. The van der Waals surface area contributed by atoms with Gasteiger partial charge in [0.05, 0.1) is 6.20 Å². The Morgan fingerprint density at radius 2 is 2.05 bits per heavy atom. The fourth-order valence-electron chi connectivity index (χ4n) is 1.70. The van der Waals surface area contributed by atoms with Gasteiger partial charge in [-0.3, -0.25) is 0 Å². The third-order valence-electron chi connectivity index (χ3n) is 3.02. The lowest BCUT2D eigenvalue weighted by Gasteiger charge is -2.13. The molecule has 0 saturated carbocycles. The highest BCUT2D eigenvalue weighted by atomic mass is 16.4. The summed E-state index contributed by atoms with van der Waals surface area (Å²) in [5.74, 6) is 3.04. The molecular weight excluding hydrogens is 264 g/mol. The minimum atomic E-state index is -0.0189. The van der Waals surface area contributed by atoms with E-state index in [4.69, 9.17) is 4.42 Å². The molecule has 5 nitrogen and oxygen atoms in total.